The molecule has 0 atom stereocenters. The number of aromatic nitrogens is 1. The highest BCUT2D eigenvalue weighted by atomic mass is 79.9. The number of aromatic amines is 1. The summed E-state index contributed by atoms with van der Waals surface area (Å²) in [6, 6.07) is 12.5. The van der Waals surface area contributed by atoms with Gasteiger partial charge >= 0.3 is 18.0 Å². The molecule has 9 heteroatoms. The Morgan fingerprint density at radius 2 is 1.42 bits per heavy atom. The molecule has 0 aliphatic carbocycles. The summed E-state index contributed by atoms with van der Waals surface area (Å²) >= 11 is 3.40. The van der Waals surface area contributed by atoms with Crippen molar-refractivity contribution < 1.29 is 30.7 Å². The van der Waals surface area contributed by atoms with Crippen LogP contribution < -0.4 is 0 Å². The van der Waals surface area contributed by atoms with Gasteiger partial charge in [0.1, 0.15) is 0 Å². The fraction of sp³-hybridized carbons (Fsp3) is 0.250. The number of benzene rings is 3. The maximum absolute atomic E-state index is 14.8. The zero-order valence-electron chi connectivity index (χ0n) is 17.3. The van der Waals surface area contributed by atoms with Crippen LogP contribution in [0.1, 0.15) is 23.6 Å². The molecule has 4 aromatic rings. The van der Waals surface area contributed by atoms with Crippen LogP contribution in [0.15, 0.2) is 53.0 Å². The van der Waals surface area contributed by atoms with Gasteiger partial charge in [0.15, 0.2) is 0 Å². The summed E-state index contributed by atoms with van der Waals surface area (Å²) in [4.78, 5) is 3.14. The van der Waals surface area contributed by atoms with Gasteiger partial charge in [-0.25, -0.2) is 4.39 Å². The summed E-state index contributed by atoms with van der Waals surface area (Å²) in [5, 5.41) is 1.98. The molecule has 0 spiro atoms. The Bertz CT molecular complexity index is 1350. The lowest BCUT2D eigenvalue weighted by Crippen LogP contribution is -2.50. The molecule has 0 amide bonds. The van der Waals surface area contributed by atoms with Crippen molar-refractivity contribution in [3.8, 4) is 11.3 Å². The lowest BCUT2D eigenvalue weighted by atomic mass is 9.90. The summed E-state index contributed by atoms with van der Waals surface area (Å²) in [6.07, 6.45) is -12.2. The fourth-order valence-electron chi connectivity index (χ4n) is 4.13. The molecular formula is C24H17BrF7N. The van der Waals surface area contributed by atoms with Crippen molar-refractivity contribution in [2.45, 2.75) is 38.3 Å². The molecule has 0 radical (unpaired) electrons. The molecule has 0 aliphatic rings. The molecule has 0 saturated heterocycles. The largest absolute Gasteiger partial charge is 0.435 e. The topological polar surface area (TPSA) is 15.8 Å². The predicted octanol–water partition coefficient (Wildman–Crippen LogP) is 8.91. The summed E-state index contributed by atoms with van der Waals surface area (Å²) in [6.45, 7) is 3.17. The Balaban J connectivity index is 1.97. The van der Waals surface area contributed by atoms with Gasteiger partial charge in [-0.2, -0.15) is 26.3 Å². The Morgan fingerprint density at radius 3 is 2.03 bits per heavy atom. The van der Waals surface area contributed by atoms with Gasteiger partial charge in [0.25, 0.3) is 0 Å². The van der Waals surface area contributed by atoms with Crippen molar-refractivity contribution in [2.24, 2.45) is 0 Å². The van der Waals surface area contributed by atoms with Crippen LogP contribution in [0.25, 0.3) is 32.9 Å². The minimum atomic E-state index is -6.16. The molecule has 1 aromatic heterocycles. The van der Waals surface area contributed by atoms with E-state index in [0.29, 0.717) is 34.5 Å². The van der Waals surface area contributed by atoms with E-state index in [-0.39, 0.29) is 17.4 Å². The van der Waals surface area contributed by atoms with Gasteiger partial charge in [0.2, 0.25) is 0 Å². The molecule has 0 bridgehead atoms. The number of rotatable bonds is 3. The Hall–Kier alpha value is -2.55. The van der Waals surface area contributed by atoms with E-state index in [0.717, 1.165) is 15.2 Å². The second kappa shape index (κ2) is 7.75. The van der Waals surface area contributed by atoms with Crippen molar-refractivity contribution in [1.29, 1.82) is 0 Å². The number of H-pyrrole nitrogens is 1. The van der Waals surface area contributed by atoms with Crippen LogP contribution in [0.2, 0.25) is 0 Å². The highest BCUT2D eigenvalue weighted by molar-refractivity contribution is 9.10. The molecular weight excluding hydrogens is 515 g/mol. The Morgan fingerprint density at radius 1 is 0.818 bits per heavy atom. The SMILES string of the molecule is CCc1cc(C(F)(C(F)(F)F)C(F)(F)F)cc2c(C)c(-c3ccc4cc(Br)ccc4c3)[nH]c12. The minimum Gasteiger partial charge on any atom is -0.354 e. The van der Waals surface area contributed by atoms with Gasteiger partial charge < -0.3 is 4.98 Å². The lowest BCUT2D eigenvalue weighted by molar-refractivity contribution is -0.348. The van der Waals surface area contributed by atoms with Crippen LogP contribution >= 0.6 is 15.9 Å². The Labute approximate surface area is 192 Å². The van der Waals surface area contributed by atoms with Crippen molar-refractivity contribution in [2.75, 3.05) is 0 Å². The fourth-order valence-corrected chi connectivity index (χ4v) is 4.50. The van der Waals surface area contributed by atoms with E-state index in [1.165, 1.54) is 0 Å². The van der Waals surface area contributed by atoms with Gasteiger partial charge in [-0.3, -0.25) is 0 Å². The van der Waals surface area contributed by atoms with Crippen LogP contribution in [-0.2, 0) is 12.1 Å². The quantitative estimate of drug-likeness (QED) is 0.254. The van der Waals surface area contributed by atoms with Gasteiger partial charge in [0.05, 0.1) is 0 Å². The first-order valence-corrected chi connectivity index (χ1v) is 10.7. The van der Waals surface area contributed by atoms with E-state index < -0.39 is 23.6 Å². The zero-order chi connectivity index (χ0) is 24.3. The molecule has 33 heavy (non-hydrogen) atoms. The van der Waals surface area contributed by atoms with E-state index in [9.17, 15) is 30.7 Å². The van der Waals surface area contributed by atoms with Gasteiger partial charge in [0, 0.05) is 26.6 Å². The number of alkyl halides is 7. The first-order valence-electron chi connectivity index (χ1n) is 9.95. The minimum absolute atomic E-state index is 0.112. The van der Waals surface area contributed by atoms with Crippen molar-refractivity contribution >= 4 is 37.6 Å². The van der Waals surface area contributed by atoms with Crippen molar-refractivity contribution in [1.82, 2.24) is 4.98 Å². The smallest absolute Gasteiger partial charge is 0.354 e. The lowest BCUT2D eigenvalue weighted by Gasteiger charge is -2.30. The van der Waals surface area contributed by atoms with E-state index in [2.05, 4.69) is 20.9 Å². The number of hydrogen-bond donors (Lipinski definition) is 1. The van der Waals surface area contributed by atoms with E-state index in [4.69, 9.17) is 0 Å². The second-order valence-electron chi connectivity index (χ2n) is 7.90. The summed E-state index contributed by atoms with van der Waals surface area (Å²) in [5.74, 6) is 0. The number of fused-ring (bicyclic) bond motifs is 2. The third-order valence-electron chi connectivity index (χ3n) is 5.90. The monoisotopic (exact) mass is 531 g/mol. The molecule has 174 valence electrons. The number of aryl methyl sites for hydroxylation is 2. The molecule has 1 heterocycles. The highest BCUT2D eigenvalue weighted by Crippen LogP contribution is 2.54. The maximum atomic E-state index is 14.8. The third-order valence-corrected chi connectivity index (χ3v) is 6.39. The molecule has 3 aromatic carbocycles. The first kappa shape index (κ1) is 23.6. The maximum Gasteiger partial charge on any atom is 0.435 e. The van der Waals surface area contributed by atoms with Crippen LogP contribution in [0.5, 0.6) is 0 Å². The molecule has 1 nitrogen and oxygen atoms in total. The summed E-state index contributed by atoms with van der Waals surface area (Å²) in [7, 11) is 0. The van der Waals surface area contributed by atoms with Crippen molar-refractivity contribution in [3.63, 3.8) is 0 Å². The molecule has 4 rings (SSSR count). The van der Waals surface area contributed by atoms with Crippen LogP contribution in [0, 0.1) is 6.92 Å². The van der Waals surface area contributed by atoms with Crippen LogP contribution in [0.3, 0.4) is 0 Å². The molecule has 0 aliphatic heterocycles. The predicted molar refractivity (Wildman–Crippen MR) is 118 cm³/mol. The number of hydrogen-bond acceptors (Lipinski definition) is 0. The Kier molecular flexibility index (Phi) is 5.54. The molecule has 0 fully saturated rings. The van der Waals surface area contributed by atoms with Crippen LogP contribution in [-0.4, -0.2) is 17.3 Å². The average molecular weight is 532 g/mol. The normalized spacial score (nSPS) is 13.3. The number of nitrogens with one attached hydrogen (secondary N) is 1. The highest BCUT2D eigenvalue weighted by Gasteiger charge is 2.73. The molecule has 0 saturated carbocycles. The van der Waals surface area contributed by atoms with E-state index in [1.54, 1.807) is 13.8 Å². The average Bonchev–Trinajstić information content (AvgIpc) is 3.07. The summed E-state index contributed by atoms with van der Waals surface area (Å²) in [5.41, 5.74) is -4.70. The van der Waals surface area contributed by atoms with Crippen LogP contribution in [0.4, 0.5) is 30.7 Å². The standard InChI is InChI=1S/C24H17BrF7N/c1-3-13-9-17(22(26,23(27,28)29)24(30,31)32)11-19-12(2)20(33-21(13)19)16-5-4-15-10-18(25)7-6-14(15)8-16/h4-11,33H,3H2,1-2H3. The second-order valence-corrected chi connectivity index (χ2v) is 8.81. The molecule has 1 N–H and O–H groups in total. The van der Waals surface area contributed by atoms with Crippen molar-refractivity contribution in [3.05, 3.63) is 69.7 Å². The van der Waals surface area contributed by atoms with Gasteiger partial charge in [-0.1, -0.05) is 41.1 Å². The van der Waals surface area contributed by atoms with Gasteiger partial charge in [-0.05, 0) is 71.1 Å². The molecule has 0 unspecified atom stereocenters. The number of halogens is 8. The van der Waals surface area contributed by atoms with Gasteiger partial charge in [-0.15, -0.1) is 0 Å². The third kappa shape index (κ3) is 3.70. The summed E-state index contributed by atoms with van der Waals surface area (Å²) < 4.78 is 95.9. The first-order chi connectivity index (χ1) is 15.3. The zero-order valence-corrected chi connectivity index (χ0v) is 18.9. The van der Waals surface area contributed by atoms with E-state index >= 15 is 0 Å². The van der Waals surface area contributed by atoms with E-state index in [1.807, 2.05) is 36.4 Å².